The average Bonchev–Trinajstić information content (AvgIpc) is 2.98. The van der Waals surface area contributed by atoms with Crippen LogP contribution in [0, 0.1) is 0 Å². The minimum Gasteiger partial charge on any atom is -0.478 e. The molecular formula is C16H14N2O3. The lowest BCUT2D eigenvalue weighted by molar-refractivity contribution is 0.0699. The quantitative estimate of drug-likeness (QED) is 0.796. The van der Waals surface area contributed by atoms with Crippen LogP contribution in [0.3, 0.4) is 0 Å². The lowest BCUT2D eigenvalue weighted by Crippen LogP contribution is -2.18. The van der Waals surface area contributed by atoms with E-state index in [4.69, 9.17) is 4.42 Å². The first-order valence-electron chi connectivity index (χ1n) is 6.52. The number of carboxylic acids is 1. The highest BCUT2D eigenvalue weighted by Gasteiger charge is 2.14. The van der Waals surface area contributed by atoms with E-state index >= 15 is 0 Å². The summed E-state index contributed by atoms with van der Waals surface area (Å²) in [5.41, 5.74) is 0.917. The van der Waals surface area contributed by atoms with Crippen LogP contribution in [0.4, 0.5) is 5.82 Å². The molecular weight excluding hydrogens is 268 g/mol. The molecule has 0 radical (unpaired) electrons. The van der Waals surface area contributed by atoms with Crippen LogP contribution >= 0.6 is 0 Å². The minimum absolute atomic E-state index is 0.252. The third-order valence-corrected chi connectivity index (χ3v) is 3.30. The molecule has 21 heavy (non-hydrogen) atoms. The Morgan fingerprint density at radius 3 is 2.81 bits per heavy atom. The number of carbonyl (C=O) groups is 1. The Bertz CT molecular complexity index is 781. The van der Waals surface area contributed by atoms with Crippen molar-refractivity contribution in [3.8, 4) is 0 Å². The van der Waals surface area contributed by atoms with E-state index in [0.717, 1.165) is 5.76 Å². The van der Waals surface area contributed by atoms with Crippen LogP contribution < -0.4 is 4.90 Å². The van der Waals surface area contributed by atoms with Crippen LogP contribution in [0.2, 0.25) is 0 Å². The smallest absolute Gasteiger partial charge is 0.336 e. The van der Waals surface area contributed by atoms with Gasteiger partial charge >= 0.3 is 5.97 Å². The monoisotopic (exact) mass is 282 g/mol. The fraction of sp³-hybridized carbons (Fsp3) is 0.125. The highest BCUT2D eigenvalue weighted by molar-refractivity contribution is 6.03. The summed E-state index contributed by atoms with van der Waals surface area (Å²) in [4.78, 5) is 17.8. The Balaban J connectivity index is 2.04. The molecule has 5 heteroatoms. The van der Waals surface area contributed by atoms with Gasteiger partial charge in [0.1, 0.15) is 11.6 Å². The molecule has 2 aromatic heterocycles. The van der Waals surface area contributed by atoms with E-state index in [1.165, 1.54) is 0 Å². The summed E-state index contributed by atoms with van der Waals surface area (Å²) in [6.07, 6.45) is 1.61. The van der Waals surface area contributed by atoms with Crippen LogP contribution in [-0.4, -0.2) is 23.1 Å². The molecule has 0 bridgehead atoms. The zero-order valence-electron chi connectivity index (χ0n) is 11.5. The molecule has 0 aliphatic heterocycles. The average molecular weight is 282 g/mol. The zero-order valence-corrected chi connectivity index (χ0v) is 11.5. The van der Waals surface area contributed by atoms with E-state index in [1.807, 2.05) is 42.3 Å². The van der Waals surface area contributed by atoms with Gasteiger partial charge in [-0.15, -0.1) is 0 Å². The predicted octanol–water partition coefficient (Wildman–Crippen LogP) is 3.16. The molecule has 0 aliphatic rings. The maximum Gasteiger partial charge on any atom is 0.336 e. The maximum absolute atomic E-state index is 11.4. The number of carboxylic acid groups (broad SMARTS) is 1. The summed E-state index contributed by atoms with van der Waals surface area (Å²) < 4.78 is 5.31. The third-order valence-electron chi connectivity index (χ3n) is 3.30. The van der Waals surface area contributed by atoms with E-state index in [-0.39, 0.29) is 5.56 Å². The van der Waals surface area contributed by atoms with E-state index in [9.17, 15) is 9.90 Å². The molecule has 2 heterocycles. The Labute approximate surface area is 121 Å². The van der Waals surface area contributed by atoms with Gasteiger partial charge in [0.2, 0.25) is 0 Å². The molecule has 1 aromatic carbocycles. The molecule has 0 unspecified atom stereocenters. The number of fused-ring (bicyclic) bond motifs is 1. The number of pyridine rings is 1. The van der Waals surface area contributed by atoms with Crippen molar-refractivity contribution in [2.45, 2.75) is 6.54 Å². The molecule has 0 saturated carbocycles. The van der Waals surface area contributed by atoms with Crippen molar-refractivity contribution >= 4 is 22.7 Å². The number of aromatic nitrogens is 1. The normalized spacial score (nSPS) is 10.7. The van der Waals surface area contributed by atoms with Crippen molar-refractivity contribution in [3.05, 3.63) is 60.1 Å². The number of hydrogen-bond donors (Lipinski definition) is 1. The topological polar surface area (TPSA) is 66.6 Å². The number of rotatable bonds is 4. The highest BCUT2D eigenvalue weighted by atomic mass is 16.4. The van der Waals surface area contributed by atoms with Gasteiger partial charge in [0.15, 0.2) is 0 Å². The van der Waals surface area contributed by atoms with E-state index in [1.54, 1.807) is 18.4 Å². The predicted molar refractivity (Wildman–Crippen MR) is 79.5 cm³/mol. The first-order valence-corrected chi connectivity index (χ1v) is 6.52. The van der Waals surface area contributed by atoms with Crippen LogP contribution in [0.1, 0.15) is 16.1 Å². The summed E-state index contributed by atoms with van der Waals surface area (Å²) in [6, 6.07) is 12.5. The summed E-state index contributed by atoms with van der Waals surface area (Å²) in [5.74, 6) is 0.438. The highest BCUT2D eigenvalue weighted by Crippen LogP contribution is 2.23. The first-order chi connectivity index (χ1) is 10.1. The van der Waals surface area contributed by atoms with Crippen molar-refractivity contribution in [3.63, 3.8) is 0 Å². The van der Waals surface area contributed by atoms with Gasteiger partial charge in [0.05, 0.1) is 23.9 Å². The van der Waals surface area contributed by atoms with Gasteiger partial charge < -0.3 is 14.4 Å². The Hall–Kier alpha value is -2.82. The van der Waals surface area contributed by atoms with E-state index in [2.05, 4.69) is 4.98 Å². The zero-order chi connectivity index (χ0) is 14.8. The summed E-state index contributed by atoms with van der Waals surface area (Å²) >= 11 is 0. The molecule has 106 valence electrons. The van der Waals surface area contributed by atoms with Crippen molar-refractivity contribution in [1.29, 1.82) is 0 Å². The van der Waals surface area contributed by atoms with Crippen LogP contribution in [0.25, 0.3) is 10.9 Å². The fourth-order valence-electron chi connectivity index (χ4n) is 2.25. The third kappa shape index (κ3) is 2.58. The van der Waals surface area contributed by atoms with Gasteiger partial charge in [0, 0.05) is 12.4 Å². The summed E-state index contributed by atoms with van der Waals surface area (Å²) in [6.45, 7) is 0.525. The second-order valence-electron chi connectivity index (χ2n) is 4.79. The van der Waals surface area contributed by atoms with Gasteiger partial charge in [-0.05, 0) is 24.3 Å². The number of para-hydroxylation sites is 1. The Morgan fingerprint density at radius 2 is 2.10 bits per heavy atom. The Kier molecular flexibility index (Phi) is 3.31. The van der Waals surface area contributed by atoms with Crippen LogP contribution in [0.5, 0.6) is 0 Å². The van der Waals surface area contributed by atoms with Gasteiger partial charge in [-0.2, -0.15) is 0 Å². The van der Waals surface area contributed by atoms with Gasteiger partial charge in [-0.25, -0.2) is 9.78 Å². The molecule has 3 rings (SSSR count). The van der Waals surface area contributed by atoms with Crippen molar-refractivity contribution in [2.24, 2.45) is 0 Å². The lowest BCUT2D eigenvalue weighted by Gasteiger charge is -2.18. The maximum atomic E-state index is 11.4. The lowest BCUT2D eigenvalue weighted by atomic mass is 10.1. The molecule has 1 N–H and O–H groups in total. The number of hydrogen-bond acceptors (Lipinski definition) is 4. The molecule has 0 spiro atoms. The summed E-state index contributed by atoms with van der Waals surface area (Å²) in [5, 5.41) is 10.0. The number of aromatic carboxylic acids is 1. The molecule has 0 atom stereocenters. The second kappa shape index (κ2) is 5.28. The van der Waals surface area contributed by atoms with Crippen LogP contribution in [-0.2, 0) is 6.54 Å². The minimum atomic E-state index is -0.957. The molecule has 0 fully saturated rings. The molecule has 0 amide bonds. The van der Waals surface area contributed by atoms with Crippen molar-refractivity contribution < 1.29 is 14.3 Å². The summed E-state index contributed by atoms with van der Waals surface area (Å²) in [7, 11) is 1.85. The van der Waals surface area contributed by atoms with Gasteiger partial charge in [-0.1, -0.05) is 18.2 Å². The largest absolute Gasteiger partial charge is 0.478 e. The van der Waals surface area contributed by atoms with Crippen LogP contribution in [0.15, 0.2) is 53.1 Å². The standard InChI is InChI=1S/C16H14N2O3/c1-18(10-11-5-4-8-21-11)15-9-13(16(19)20)12-6-2-3-7-14(12)17-15/h2-9H,10H2,1H3,(H,19,20). The first kappa shape index (κ1) is 13.2. The molecule has 0 aliphatic carbocycles. The number of furan rings is 1. The van der Waals surface area contributed by atoms with E-state index in [0.29, 0.717) is 23.3 Å². The van der Waals surface area contributed by atoms with E-state index < -0.39 is 5.97 Å². The molecule has 3 aromatic rings. The SMILES string of the molecule is CN(Cc1ccco1)c1cc(C(=O)O)c2ccccc2n1. The molecule has 5 nitrogen and oxygen atoms in total. The number of anilines is 1. The number of benzene rings is 1. The van der Waals surface area contributed by atoms with Crippen molar-refractivity contribution in [1.82, 2.24) is 4.98 Å². The second-order valence-corrected chi connectivity index (χ2v) is 4.79. The van der Waals surface area contributed by atoms with Gasteiger partial charge in [-0.3, -0.25) is 0 Å². The fourth-order valence-corrected chi connectivity index (χ4v) is 2.25. The molecule has 0 saturated heterocycles. The number of nitrogens with zero attached hydrogens (tertiary/aromatic N) is 2. The van der Waals surface area contributed by atoms with Gasteiger partial charge in [0.25, 0.3) is 0 Å². The van der Waals surface area contributed by atoms with Crippen molar-refractivity contribution in [2.75, 3.05) is 11.9 Å². The Morgan fingerprint density at radius 1 is 1.29 bits per heavy atom.